The minimum Gasteiger partial charge on any atom is -0.331 e. The number of likely N-dealkylation sites (tertiary alicyclic amines) is 1. The van der Waals surface area contributed by atoms with Crippen LogP contribution in [0.2, 0.25) is 0 Å². The number of piperidine rings is 1. The van der Waals surface area contributed by atoms with E-state index in [9.17, 15) is 10.1 Å². The summed E-state index contributed by atoms with van der Waals surface area (Å²) in [7, 11) is 0. The molecule has 0 aromatic rings. The van der Waals surface area contributed by atoms with Gasteiger partial charge in [0, 0.05) is 6.54 Å². The van der Waals surface area contributed by atoms with Gasteiger partial charge < -0.3 is 4.90 Å². The third-order valence-electron chi connectivity index (χ3n) is 6.97. The Morgan fingerprint density at radius 1 is 1.00 bits per heavy atom. The Bertz CT molecular complexity index is 720. The van der Waals surface area contributed by atoms with Crippen LogP contribution in [0.4, 0.5) is 0 Å². The molecular weight excluding hydrogens is 344 g/mol. The summed E-state index contributed by atoms with van der Waals surface area (Å²) >= 11 is 0. The van der Waals surface area contributed by atoms with Crippen LogP contribution in [0.1, 0.15) is 91.4 Å². The maximum absolute atomic E-state index is 13.2. The molecule has 2 bridgehead atoms. The molecule has 1 heterocycles. The normalized spacial score (nSPS) is 25.6. The number of nitriles is 1. The Morgan fingerprint density at radius 2 is 1.68 bits per heavy atom. The van der Waals surface area contributed by atoms with Crippen molar-refractivity contribution in [3.8, 4) is 6.07 Å². The van der Waals surface area contributed by atoms with Crippen molar-refractivity contribution in [1.82, 2.24) is 4.90 Å². The molecule has 0 N–H and O–H groups in total. The highest BCUT2D eigenvalue weighted by atomic mass is 16.2. The predicted molar refractivity (Wildman–Crippen MR) is 115 cm³/mol. The van der Waals surface area contributed by atoms with Gasteiger partial charge in [-0.1, -0.05) is 50.3 Å². The van der Waals surface area contributed by atoms with Crippen molar-refractivity contribution >= 4 is 5.91 Å². The van der Waals surface area contributed by atoms with Crippen LogP contribution in [-0.2, 0) is 4.79 Å². The first-order chi connectivity index (χ1) is 13.7. The van der Waals surface area contributed by atoms with E-state index in [1.54, 1.807) is 16.7 Å². The van der Waals surface area contributed by atoms with Crippen molar-refractivity contribution in [2.45, 2.75) is 97.4 Å². The van der Waals surface area contributed by atoms with Crippen molar-refractivity contribution in [3.05, 3.63) is 33.9 Å². The molecule has 1 amide bonds. The van der Waals surface area contributed by atoms with Crippen LogP contribution < -0.4 is 0 Å². The van der Waals surface area contributed by atoms with Crippen molar-refractivity contribution in [1.29, 1.82) is 5.26 Å². The number of carbonyl (C=O) groups is 1. The summed E-state index contributed by atoms with van der Waals surface area (Å²) < 4.78 is 0. The van der Waals surface area contributed by atoms with E-state index in [1.807, 2.05) is 24.8 Å². The maximum Gasteiger partial charge on any atom is 0.264 e. The monoisotopic (exact) mass is 380 g/mol. The van der Waals surface area contributed by atoms with E-state index in [2.05, 4.69) is 13.0 Å². The number of hydrogen-bond donors (Lipinski definition) is 0. The first-order valence-corrected chi connectivity index (χ1v) is 11.5. The highest BCUT2D eigenvalue weighted by Gasteiger charge is 2.36. The fourth-order valence-corrected chi connectivity index (χ4v) is 5.61. The Labute approximate surface area is 171 Å². The van der Waals surface area contributed by atoms with Gasteiger partial charge in [-0.3, -0.25) is 4.79 Å². The van der Waals surface area contributed by atoms with Gasteiger partial charge >= 0.3 is 0 Å². The molecule has 3 fully saturated rings. The average molecular weight is 381 g/mol. The Kier molecular flexibility index (Phi) is 7.16. The summed E-state index contributed by atoms with van der Waals surface area (Å²) in [4.78, 5) is 15.2. The summed E-state index contributed by atoms with van der Waals surface area (Å²) in [6, 6.07) is 2.35. The van der Waals surface area contributed by atoms with Gasteiger partial charge in [0.25, 0.3) is 5.91 Å². The molecule has 1 aliphatic heterocycles. The van der Waals surface area contributed by atoms with Gasteiger partial charge in [-0.25, -0.2) is 0 Å². The lowest BCUT2D eigenvalue weighted by Crippen LogP contribution is -2.45. The van der Waals surface area contributed by atoms with Crippen LogP contribution >= 0.6 is 0 Å². The van der Waals surface area contributed by atoms with E-state index in [1.165, 1.54) is 56.9 Å². The number of nitrogens with zero attached hydrogens (tertiary/aromatic N) is 2. The molecule has 1 atom stereocenters. The highest BCUT2D eigenvalue weighted by Crippen LogP contribution is 2.45. The summed E-state index contributed by atoms with van der Waals surface area (Å²) in [5.41, 5.74) is 6.64. The highest BCUT2D eigenvalue weighted by molar-refractivity contribution is 5.98. The molecule has 28 heavy (non-hydrogen) atoms. The molecule has 0 spiro atoms. The molecule has 0 aromatic heterocycles. The third kappa shape index (κ3) is 4.12. The molecule has 5 aliphatic rings. The molecule has 2 saturated carbocycles. The van der Waals surface area contributed by atoms with Gasteiger partial charge in [0.05, 0.1) is 6.04 Å². The van der Waals surface area contributed by atoms with Crippen molar-refractivity contribution in [3.63, 3.8) is 0 Å². The van der Waals surface area contributed by atoms with Crippen LogP contribution in [0.15, 0.2) is 33.9 Å². The molecule has 152 valence electrons. The number of fused-ring (bicyclic) bond motifs is 3. The molecule has 3 heteroatoms. The molecule has 1 unspecified atom stereocenters. The Balaban J connectivity index is 0.00000109. The third-order valence-corrected chi connectivity index (χ3v) is 6.97. The number of carbonyl (C=O) groups excluding carboxylic acids is 1. The summed E-state index contributed by atoms with van der Waals surface area (Å²) in [6.07, 6.45) is 15.1. The average Bonchev–Trinajstić information content (AvgIpc) is 3.09. The number of rotatable bonds is 2. The fraction of sp³-hybridized carbons (Fsp3) is 0.680. The second-order valence-electron chi connectivity index (χ2n) is 8.47. The standard InChI is InChI=1S/C23H30N2O.C2H6/c1-16-22-19-9-5-8-18(10-11-19)21(22)12-13-25(16)23(26)20(15-24)14-17-6-3-2-4-7-17;1-2/h14,16-17H,2-13H2,1H3;1-2H3/b20-14-;. The van der Waals surface area contributed by atoms with Crippen LogP contribution in [-0.4, -0.2) is 23.4 Å². The van der Waals surface area contributed by atoms with Gasteiger partial charge in [-0.2, -0.15) is 5.26 Å². The quantitative estimate of drug-likeness (QED) is 0.421. The zero-order chi connectivity index (χ0) is 20.1. The molecular formula is C25H36N2O. The second kappa shape index (κ2) is 9.59. The smallest absolute Gasteiger partial charge is 0.264 e. The van der Waals surface area contributed by atoms with E-state index in [-0.39, 0.29) is 11.9 Å². The number of amides is 1. The van der Waals surface area contributed by atoms with Gasteiger partial charge in [-0.15, -0.1) is 0 Å². The maximum atomic E-state index is 13.2. The Morgan fingerprint density at radius 3 is 2.39 bits per heavy atom. The fourth-order valence-electron chi connectivity index (χ4n) is 5.61. The van der Waals surface area contributed by atoms with Crippen LogP contribution in [0, 0.1) is 17.2 Å². The molecule has 0 radical (unpaired) electrons. The zero-order valence-corrected chi connectivity index (χ0v) is 18.0. The van der Waals surface area contributed by atoms with Gasteiger partial charge in [0.1, 0.15) is 11.6 Å². The lowest BCUT2D eigenvalue weighted by Gasteiger charge is -2.40. The lowest BCUT2D eigenvalue weighted by atomic mass is 9.79. The van der Waals surface area contributed by atoms with Crippen LogP contribution in [0.3, 0.4) is 0 Å². The minimum absolute atomic E-state index is 0.0390. The largest absolute Gasteiger partial charge is 0.331 e. The molecule has 1 saturated heterocycles. The zero-order valence-electron chi connectivity index (χ0n) is 18.0. The van der Waals surface area contributed by atoms with Crippen molar-refractivity contribution < 1.29 is 4.79 Å². The van der Waals surface area contributed by atoms with Gasteiger partial charge in [0.2, 0.25) is 0 Å². The van der Waals surface area contributed by atoms with E-state index in [4.69, 9.17) is 0 Å². The second-order valence-corrected chi connectivity index (χ2v) is 8.47. The molecule has 3 nitrogen and oxygen atoms in total. The topological polar surface area (TPSA) is 44.1 Å². The van der Waals surface area contributed by atoms with Gasteiger partial charge in [-0.05, 0) is 75.4 Å². The molecule has 5 rings (SSSR count). The summed E-state index contributed by atoms with van der Waals surface area (Å²) in [5, 5.41) is 9.64. The van der Waals surface area contributed by atoms with Crippen LogP contribution in [0.25, 0.3) is 0 Å². The number of hydrogen-bond acceptors (Lipinski definition) is 2. The number of allylic oxidation sites excluding steroid dienone is 3. The lowest BCUT2D eigenvalue weighted by molar-refractivity contribution is -0.128. The SMILES string of the molecule is CC.CC1C2=C3CCCC(=C2CCN1C(=O)/C(C#N)=C\C1CCCCC1)CC3. The molecule has 4 aliphatic carbocycles. The first kappa shape index (κ1) is 20.9. The summed E-state index contributed by atoms with van der Waals surface area (Å²) in [6.45, 7) is 6.94. The van der Waals surface area contributed by atoms with Gasteiger partial charge in [0.15, 0.2) is 0 Å². The minimum atomic E-state index is -0.0390. The summed E-state index contributed by atoms with van der Waals surface area (Å²) in [5.74, 6) is 0.374. The van der Waals surface area contributed by atoms with E-state index < -0.39 is 0 Å². The first-order valence-electron chi connectivity index (χ1n) is 11.5. The van der Waals surface area contributed by atoms with Crippen molar-refractivity contribution in [2.24, 2.45) is 5.92 Å². The predicted octanol–water partition coefficient (Wildman–Crippen LogP) is 6.23. The van der Waals surface area contributed by atoms with Crippen LogP contribution in [0.5, 0.6) is 0 Å². The van der Waals surface area contributed by atoms with Crippen molar-refractivity contribution in [2.75, 3.05) is 6.54 Å². The van der Waals surface area contributed by atoms with E-state index >= 15 is 0 Å². The van der Waals surface area contributed by atoms with E-state index in [0.29, 0.717) is 11.5 Å². The molecule has 0 aromatic carbocycles. The Hall–Kier alpha value is -1.82. The van der Waals surface area contributed by atoms with E-state index in [0.717, 1.165) is 25.8 Å².